The number of sulfone groups is 1. The fourth-order valence-electron chi connectivity index (χ4n) is 5.04. The van der Waals surface area contributed by atoms with Crippen LogP contribution in [0.5, 0.6) is 0 Å². The molecule has 2 saturated heterocycles. The normalized spacial score (nSPS) is 21.1. The Morgan fingerprint density at radius 2 is 1.67 bits per heavy atom. The molecule has 2 heterocycles. The van der Waals surface area contributed by atoms with Crippen molar-refractivity contribution in [2.45, 2.75) is 39.0 Å². The molecule has 2 fully saturated rings. The number of benzene rings is 2. The maximum atomic E-state index is 15.0. The van der Waals surface area contributed by atoms with Crippen LogP contribution in [-0.2, 0) is 27.7 Å². The Morgan fingerprint density at radius 1 is 1.05 bits per heavy atom. The first-order chi connectivity index (χ1) is 18.0. The number of carbonyl (C=O) groups is 2. The fraction of sp³-hybridized carbons (Fsp3) is 0.481. The minimum absolute atomic E-state index is 0. The minimum atomic E-state index is -3.17. The van der Waals surface area contributed by atoms with Crippen LogP contribution in [0.1, 0.15) is 35.3 Å². The van der Waals surface area contributed by atoms with E-state index in [1.165, 1.54) is 29.0 Å². The van der Waals surface area contributed by atoms with Crippen LogP contribution in [0.4, 0.5) is 14.9 Å². The van der Waals surface area contributed by atoms with E-state index in [0.717, 1.165) is 31.3 Å². The highest BCUT2D eigenvalue weighted by atomic mass is 35.5. The smallest absolute Gasteiger partial charge is 0.337 e. The predicted octanol–water partition coefficient (Wildman–Crippen LogP) is 3.07. The first kappa shape index (κ1) is 30.8. The maximum Gasteiger partial charge on any atom is 0.337 e. The van der Waals surface area contributed by atoms with Gasteiger partial charge in [-0.15, -0.1) is 12.4 Å². The number of halogens is 2. The monoisotopic (exact) mass is 582 g/mol. The van der Waals surface area contributed by atoms with Crippen LogP contribution in [-0.4, -0.2) is 87.1 Å². The van der Waals surface area contributed by atoms with E-state index in [0.29, 0.717) is 17.8 Å². The molecule has 2 atom stereocenters. The quantitative estimate of drug-likeness (QED) is 0.523. The zero-order valence-electron chi connectivity index (χ0n) is 22.4. The lowest BCUT2D eigenvalue weighted by Gasteiger charge is -2.36. The van der Waals surface area contributed by atoms with Crippen molar-refractivity contribution in [1.82, 2.24) is 15.1 Å². The van der Waals surface area contributed by atoms with E-state index in [1.807, 2.05) is 24.3 Å². The van der Waals surface area contributed by atoms with Crippen LogP contribution < -0.4 is 10.2 Å². The van der Waals surface area contributed by atoms with E-state index in [1.54, 1.807) is 0 Å². The third kappa shape index (κ3) is 7.91. The molecule has 2 aromatic rings. The second-order valence-electron chi connectivity index (χ2n) is 10.1. The van der Waals surface area contributed by atoms with Crippen molar-refractivity contribution in [2.24, 2.45) is 0 Å². The average molecular weight is 583 g/mol. The first-order valence-electron chi connectivity index (χ1n) is 12.8. The van der Waals surface area contributed by atoms with Crippen molar-refractivity contribution in [3.63, 3.8) is 0 Å². The van der Waals surface area contributed by atoms with Crippen molar-refractivity contribution in [2.75, 3.05) is 49.7 Å². The summed E-state index contributed by atoms with van der Waals surface area (Å²) in [6.45, 7) is 7.07. The standard InChI is InChI=1S/C27H35FN4O5S.ClH/c1-19-15-30(16-20(2)29-19)17-21-4-8-24(9-5-21)32(27(34)31-10-12-38(35,36)13-11-31)18-23-7-6-22(14-25(23)28)26(33)37-3;/h4-9,14,19-20,29H,10-13,15-18H2,1-3H3;1H/t19-,20+;. The van der Waals surface area contributed by atoms with Gasteiger partial charge < -0.3 is 15.0 Å². The zero-order valence-corrected chi connectivity index (χ0v) is 24.1. The number of anilines is 1. The van der Waals surface area contributed by atoms with E-state index >= 15 is 0 Å². The van der Waals surface area contributed by atoms with Crippen molar-refractivity contribution >= 4 is 39.9 Å². The molecule has 4 rings (SSSR count). The van der Waals surface area contributed by atoms with E-state index in [-0.39, 0.29) is 54.7 Å². The molecular weight excluding hydrogens is 547 g/mol. The number of ether oxygens (including phenoxy) is 1. The number of esters is 1. The molecule has 0 radical (unpaired) electrons. The Morgan fingerprint density at radius 3 is 2.23 bits per heavy atom. The minimum Gasteiger partial charge on any atom is -0.465 e. The summed E-state index contributed by atoms with van der Waals surface area (Å²) in [6.07, 6.45) is 0. The number of nitrogens with one attached hydrogen (secondary N) is 1. The predicted molar refractivity (Wildman–Crippen MR) is 151 cm³/mol. The highest BCUT2D eigenvalue weighted by Crippen LogP contribution is 2.24. The van der Waals surface area contributed by atoms with Gasteiger partial charge in [-0.05, 0) is 43.7 Å². The van der Waals surface area contributed by atoms with Crippen molar-refractivity contribution in [3.8, 4) is 0 Å². The number of rotatable bonds is 6. The second kappa shape index (κ2) is 13.1. The summed E-state index contributed by atoms with van der Waals surface area (Å²) in [7, 11) is -1.95. The van der Waals surface area contributed by atoms with Gasteiger partial charge in [-0.25, -0.2) is 22.4 Å². The zero-order chi connectivity index (χ0) is 27.4. The van der Waals surface area contributed by atoms with E-state index in [4.69, 9.17) is 0 Å². The van der Waals surface area contributed by atoms with Gasteiger partial charge in [-0.1, -0.05) is 18.2 Å². The van der Waals surface area contributed by atoms with Crippen LogP contribution in [0.2, 0.25) is 0 Å². The summed E-state index contributed by atoms with van der Waals surface area (Å²) in [5.41, 5.74) is 1.98. The number of carbonyl (C=O) groups excluding carboxylic acids is 2. The van der Waals surface area contributed by atoms with Gasteiger partial charge in [0, 0.05) is 56.1 Å². The molecule has 0 aromatic heterocycles. The Balaban J connectivity index is 0.00000420. The lowest BCUT2D eigenvalue weighted by molar-refractivity contribution is 0.0600. The molecule has 12 heteroatoms. The third-order valence-electron chi connectivity index (χ3n) is 6.94. The Labute approximate surface area is 235 Å². The number of urea groups is 1. The van der Waals surface area contributed by atoms with E-state index in [2.05, 4.69) is 28.8 Å². The highest BCUT2D eigenvalue weighted by Gasteiger charge is 2.30. The van der Waals surface area contributed by atoms with Gasteiger partial charge in [0.2, 0.25) is 0 Å². The van der Waals surface area contributed by atoms with Gasteiger partial charge in [0.15, 0.2) is 9.84 Å². The summed E-state index contributed by atoms with van der Waals surface area (Å²) in [5.74, 6) is -1.49. The molecule has 9 nitrogen and oxygen atoms in total. The molecule has 214 valence electrons. The van der Waals surface area contributed by atoms with Gasteiger partial charge in [0.1, 0.15) is 5.82 Å². The Hall–Kier alpha value is -2.73. The summed E-state index contributed by atoms with van der Waals surface area (Å²) in [4.78, 5) is 30.7. The van der Waals surface area contributed by atoms with Crippen molar-refractivity contribution in [1.29, 1.82) is 0 Å². The molecule has 0 aliphatic carbocycles. The number of piperazine rings is 1. The van der Waals surface area contributed by atoms with Crippen LogP contribution in [0.3, 0.4) is 0 Å². The molecular formula is C27H36ClFN4O5S. The largest absolute Gasteiger partial charge is 0.465 e. The van der Waals surface area contributed by atoms with Gasteiger partial charge in [0.05, 0.1) is 30.7 Å². The summed E-state index contributed by atoms with van der Waals surface area (Å²) < 4.78 is 43.4. The summed E-state index contributed by atoms with van der Waals surface area (Å²) in [5, 5.41) is 3.52. The van der Waals surface area contributed by atoms with Gasteiger partial charge in [-0.3, -0.25) is 9.80 Å². The third-order valence-corrected chi connectivity index (χ3v) is 8.54. The number of hydrogen-bond acceptors (Lipinski definition) is 7. The fourth-order valence-corrected chi connectivity index (χ4v) is 6.24. The van der Waals surface area contributed by atoms with Crippen LogP contribution in [0.25, 0.3) is 0 Å². The number of amides is 2. The number of nitrogens with zero attached hydrogens (tertiary/aromatic N) is 3. The van der Waals surface area contributed by atoms with Gasteiger partial charge in [-0.2, -0.15) is 0 Å². The SMILES string of the molecule is COC(=O)c1ccc(CN(C(=O)N2CCS(=O)(=O)CC2)c2ccc(CN3C[C@@H](C)N[C@@H](C)C3)cc2)c(F)c1.Cl. The van der Waals surface area contributed by atoms with Gasteiger partial charge >= 0.3 is 12.0 Å². The van der Waals surface area contributed by atoms with Crippen molar-refractivity contribution in [3.05, 3.63) is 65.0 Å². The summed E-state index contributed by atoms with van der Waals surface area (Å²) >= 11 is 0. The lowest BCUT2D eigenvalue weighted by Crippen LogP contribution is -2.53. The van der Waals surface area contributed by atoms with Crippen LogP contribution in [0.15, 0.2) is 42.5 Å². The number of methoxy groups -OCH3 is 1. The first-order valence-corrected chi connectivity index (χ1v) is 14.6. The lowest BCUT2D eigenvalue weighted by atomic mass is 10.1. The molecule has 2 aliphatic rings. The van der Waals surface area contributed by atoms with Crippen molar-refractivity contribution < 1.29 is 27.1 Å². The van der Waals surface area contributed by atoms with Gasteiger partial charge in [0.25, 0.3) is 0 Å². The van der Waals surface area contributed by atoms with E-state index < -0.39 is 27.7 Å². The Bertz CT molecular complexity index is 1250. The van der Waals surface area contributed by atoms with Crippen LogP contribution >= 0.6 is 12.4 Å². The molecule has 39 heavy (non-hydrogen) atoms. The highest BCUT2D eigenvalue weighted by molar-refractivity contribution is 7.91. The molecule has 0 spiro atoms. The molecule has 0 unspecified atom stereocenters. The molecule has 0 saturated carbocycles. The molecule has 1 N–H and O–H groups in total. The maximum absolute atomic E-state index is 15.0. The number of hydrogen-bond donors (Lipinski definition) is 1. The summed E-state index contributed by atoms with van der Waals surface area (Å²) in [6, 6.07) is 12.0. The molecule has 0 bridgehead atoms. The second-order valence-corrected chi connectivity index (χ2v) is 12.4. The average Bonchev–Trinajstić information content (AvgIpc) is 2.87. The van der Waals surface area contributed by atoms with E-state index in [9.17, 15) is 22.4 Å². The molecule has 2 amide bonds. The topological polar surface area (TPSA) is 99.3 Å². The van der Waals surface area contributed by atoms with Crippen LogP contribution in [0, 0.1) is 5.82 Å². The Kier molecular flexibility index (Phi) is 10.3. The molecule has 2 aliphatic heterocycles. The molecule has 2 aromatic carbocycles.